The van der Waals surface area contributed by atoms with E-state index in [9.17, 15) is 0 Å². The number of rotatable bonds is 1. The van der Waals surface area contributed by atoms with E-state index in [1.165, 1.54) is 25.7 Å². The second kappa shape index (κ2) is 1.96. The van der Waals surface area contributed by atoms with Crippen LogP contribution in [0.15, 0.2) is 0 Å². The van der Waals surface area contributed by atoms with Gasteiger partial charge in [-0.05, 0) is 37.5 Å². The predicted octanol–water partition coefficient (Wildman–Crippen LogP) is 1.07. The summed E-state index contributed by atoms with van der Waals surface area (Å²) in [6.07, 6.45) is 5.74. The van der Waals surface area contributed by atoms with E-state index >= 15 is 0 Å². The average molecular weight is 127 g/mol. The van der Waals surface area contributed by atoms with Crippen LogP contribution < -0.4 is 5.90 Å². The maximum Gasteiger partial charge on any atom is 0.0818 e. The van der Waals surface area contributed by atoms with Gasteiger partial charge >= 0.3 is 0 Å². The summed E-state index contributed by atoms with van der Waals surface area (Å²) in [6, 6.07) is 0. The molecule has 3 unspecified atom stereocenters. The second-order valence-corrected chi connectivity index (χ2v) is 3.25. The highest BCUT2D eigenvalue weighted by Gasteiger charge is 2.42. The van der Waals surface area contributed by atoms with Crippen LogP contribution in [0.2, 0.25) is 0 Å². The summed E-state index contributed by atoms with van der Waals surface area (Å²) in [6.45, 7) is 0. The quantitative estimate of drug-likeness (QED) is 0.535. The molecule has 0 radical (unpaired) electrons. The standard InChI is InChI=1S/C7H13NO/c8-9-7-4-2-5-1-3-6(5)7/h5-7H,1-4,8H2. The van der Waals surface area contributed by atoms with Gasteiger partial charge < -0.3 is 4.84 Å². The Hall–Kier alpha value is -0.0800. The maximum atomic E-state index is 5.12. The van der Waals surface area contributed by atoms with Gasteiger partial charge in [0.05, 0.1) is 6.10 Å². The normalized spacial score (nSPS) is 48.3. The Bertz CT molecular complexity index is 113. The lowest BCUT2D eigenvalue weighted by molar-refractivity contribution is -0.00659. The molecule has 0 saturated heterocycles. The zero-order valence-corrected chi connectivity index (χ0v) is 5.55. The Morgan fingerprint density at radius 3 is 2.22 bits per heavy atom. The second-order valence-electron chi connectivity index (χ2n) is 3.25. The highest BCUT2D eigenvalue weighted by Crippen LogP contribution is 2.47. The molecule has 2 fully saturated rings. The number of hydrogen-bond acceptors (Lipinski definition) is 2. The van der Waals surface area contributed by atoms with Crippen LogP contribution in [-0.2, 0) is 4.84 Å². The molecule has 0 bridgehead atoms. The molecule has 2 aliphatic carbocycles. The molecule has 2 rings (SSSR count). The van der Waals surface area contributed by atoms with Gasteiger partial charge in [-0.25, -0.2) is 5.90 Å². The van der Waals surface area contributed by atoms with Crippen LogP contribution in [0, 0.1) is 11.8 Å². The van der Waals surface area contributed by atoms with Crippen LogP contribution in [0.3, 0.4) is 0 Å². The fraction of sp³-hybridized carbons (Fsp3) is 1.00. The van der Waals surface area contributed by atoms with Crippen molar-refractivity contribution in [2.75, 3.05) is 0 Å². The van der Waals surface area contributed by atoms with E-state index in [4.69, 9.17) is 10.7 Å². The van der Waals surface area contributed by atoms with Gasteiger partial charge in [0, 0.05) is 0 Å². The molecule has 2 saturated carbocycles. The van der Waals surface area contributed by atoms with Crippen LogP contribution in [-0.4, -0.2) is 6.10 Å². The van der Waals surface area contributed by atoms with Gasteiger partial charge in [-0.3, -0.25) is 0 Å². The fourth-order valence-corrected chi connectivity index (χ4v) is 2.20. The first-order valence-corrected chi connectivity index (χ1v) is 3.77. The minimum absolute atomic E-state index is 0.406. The number of fused-ring (bicyclic) bond motifs is 1. The molecular formula is C7H13NO. The lowest BCUT2D eigenvalue weighted by atomic mass is 9.76. The van der Waals surface area contributed by atoms with Crippen molar-refractivity contribution in [1.29, 1.82) is 0 Å². The molecule has 0 spiro atoms. The summed E-state index contributed by atoms with van der Waals surface area (Å²) in [4.78, 5) is 4.85. The largest absolute Gasteiger partial charge is 0.301 e. The van der Waals surface area contributed by atoms with E-state index in [1.807, 2.05) is 0 Å². The topological polar surface area (TPSA) is 35.2 Å². The van der Waals surface area contributed by atoms with Gasteiger partial charge in [0.25, 0.3) is 0 Å². The third-order valence-electron chi connectivity index (χ3n) is 2.95. The van der Waals surface area contributed by atoms with Gasteiger partial charge in [0.2, 0.25) is 0 Å². The summed E-state index contributed by atoms with van der Waals surface area (Å²) in [5.41, 5.74) is 0. The Balaban J connectivity index is 1.97. The van der Waals surface area contributed by atoms with Crippen LogP contribution in [0.25, 0.3) is 0 Å². The van der Waals surface area contributed by atoms with Crippen molar-refractivity contribution in [2.24, 2.45) is 17.7 Å². The van der Waals surface area contributed by atoms with Crippen LogP contribution >= 0.6 is 0 Å². The van der Waals surface area contributed by atoms with Gasteiger partial charge in [-0.15, -0.1) is 0 Å². The first-order valence-electron chi connectivity index (χ1n) is 3.77. The minimum Gasteiger partial charge on any atom is -0.301 e. The molecule has 9 heavy (non-hydrogen) atoms. The zero-order chi connectivity index (χ0) is 6.27. The Kier molecular flexibility index (Phi) is 1.24. The van der Waals surface area contributed by atoms with Gasteiger partial charge in [0.1, 0.15) is 0 Å². The minimum atomic E-state index is 0.406. The van der Waals surface area contributed by atoms with Crippen molar-refractivity contribution < 1.29 is 4.84 Å². The third-order valence-corrected chi connectivity index (χ3v) is 2.95. The van der Waals surface area contributed by atoms with E-state index in [-0.39, 0.29) is 0 Å². The van der Waals surface area contributed by atoms with E-state index in [0.717, 1.165) is 11.8 Å². The molecule has 2 aliphatic rings. The Morgan fingerprint density at radius 1 is 1.11 bits per heavy atom. The third kappa shape index (κ3) is 0.700. The zero-order valence-electron chi connectivity index (χ0n) is 5.55. The molecular weight excluding hydrogens is 114 g/mol. The van der Waals surface area contributed by atoms with Gasteiger partial charge in [-0.1, -0.05) is 0 Å². The highest BCUT2D eigenvalue weighted by atomic mass is 16.6. The van der Waals surface area contributed by atoms with Crippen LogP contribution in [0.4, 0.5) is 0 Å². The van der Waals surface area contributed by atoms with Crippen molar-refractivity contribution in [1.82, 2.24) is 0 Å². The van der Waals surface area contributed by atoms with E-state index in [2.05, 4.69) is 0 Å². The van der Waals surface area contributed by atoms with Crippen molar-refractivity contribution in [3.05, 3.63) is 0 Å². The summed E-state index contributed by atoms with van der Waals surface area (Å²) in [5, 5.41) is 0. The lowest BCUT2D eigenvalue weighted by Gasteiger charge is -2.32. The monoisotopic (exact) mass is 127 g/mol. The highest BCUT2D eigenvalue weighted by molar-refractivity contribution is 4.92. The first-order chi connectivity index (χ1) is 4.42. The van der Waals surface area contributed by atoms with Crippen molar-refractivity contribution in [3.8, 4) is 0 Å². The predicted molar refractivity (Wildman–Crippen MR) is 34.5 cm³/mol. The number of nitrogens with two attached hydrogens (primary N) is 1. The molecule has 0 heterocycles. The Morgan fingerprint density at radius 2 is 1.89 bits per heavy atom. The van der Waals surface area contributed by atoms with E-state index in [1.54, 1.807) is 0 Å². The molecule has 3 atom stereocenters. The maximum absolute atomic E-state index is 5.12. The summed E-state index contributed by atoms with van der Waals surface area (Å²) >= 11 is 0. The molecule has 0 amide bonds. The smallest absolute Gasteiger partial charge is 0.0818 e. The molecule has 0 aromatic heterocycles. The molecule has 0 aromatic rings. The molecule has 0 aliphatic heterocycles. The fourth-order valence-electron chi connectivity index (χ4n) is 2.20. The van der Waals surface area contributed by atoms with Gasteiger partial charge in [0.15, 0.2) is 0 Å². The summed E-state index contributed by atoms with van der Waals surface area (Å²) in [5.74, 6) is 6.92. The molecule has 2 N–H and O–H groups in total. The Labute approximate surface area is 55.3 Å². The average Bonchev–Trinajstić information content (AvgIpc) is 2.07. The molecule has 0 aromatic carbocycles. The first kappa shape index (κ1) is 5.69. The van der Waals surface area contributed by atoms with Crippen molar-refractivity contribution in [2.45, 2.75) is 31.8 Å². The van der Waals surface area contributed by atoms with E-state index < -0.39 is 0 Å². The van der Waals surface area contributed by atoms with E-state index in [0.29, 0.717) is 6.10 Å². The molecule has 2 nitrogen and oxygen atoms in total. The summed E-state index contributed by atoms with van der Waals surface area (Å²) in [7, 11) is 0. The SMILES string of the molecule is NOC1CCC2CCC21. The van der Waals surface area contributed by atoms with Crippen LogP contribution in [0.5, 0.6) is 0 Å². The van der Waals surface area contributed by atoms with Crippen molar-refractivity contribution >= 4 is 0 Å². The molecule has 2 heteroatoms. The summed E-state index contributed by atoms with van der Waals surface area (Å²) < 4.78 is 0. The lowest BCUT2D eigenvalue weighted by Crippen LogP contribution is -2.31. The van der Waals surface area contributed by atoms with Crippen molar-refractivity contribution in [3.63, 3.8) is 0 Å². The van der Waals surface area contributed by atoms with Crippen LogP contribution in [0.1, 0.15) is 25.7 Å². The number of hydrogen-bond donors (Lipinski definition) is 1. The van der Waals surface area contributed by atoms with Gasteiger partial charge in [-0.2, -0.15) is 0 Å². The molecule has 52 valence electrons.